The molecule has 1 aliphatic heterocycles. The standard InChI is InChI=1S/C12H22O3.C5H10O/c1-8(2)10-11(14-4)9(13-3)5-6-12(10)7-15-12;1-5(2)3-4-6/h8-11H,5-7H2,1-4H3;3,6H,4H2,1-2H3/t9?,10?,11?,12-;/m0./s1. The maximum absolute atomic E-state index is 8.16. The summed E-state index contributed by atoms with van der Waals surface area (Å²) in [5.41, 5.74) is 1.28. The van der Waals surface area contributed by atoms with E-state index in [1.165, 1.54) is 0 Å². The zero-order chi connectivity index (χ0) is 16.0. The molecule has 4 atom stereocenters. The first-order valence-corrected chi connectivity index (χ1v) is 7.85. The lowest BCUT2D eigenvalue weighted by atomic mass is 9.70. The number of aliphatic hydroxyl groups is 1. The summed E-state index contributed by atoms with van der Waals surface area (Å²) in [4.78, 5) is 0. The third-order valence-electron chi connectivity index (χ3n) is 4.49. The molecule has 1 spiro atoms. The topological polar surface area (TPSA) is 51.2 Å². The lowest BCUT2D eigenvalue weighted by molar-refractivity contribution is -0.122. The van der Waals surface area contributed by atoms with Gasteiger partial charge in [-0.1, -0.05) is 25.5 Å². The van der Waals surface area contributed by atoms with E-state index in [4.69, 9.17) is 19.3 Å². The highest BCUT2D eigenvalue weighted by molar-refractivity contribution is 5.07. The molecule has 0 aromatic heterocycles. The Bertz CT molecular complexity index is 330. The number of allylic oxidation sites excluding steroid dienone is 1. The highest BCUT2D eigenvalue weighted by atomic mass is 16.6. The van der Waals surface area contributed by atoms with Crippen molar-refractivity contribution >= 4 is 0 Å². The Labute approximate surface area is 129 Å². The number of epoxide rings is 1. The van der Waals surface area contributed by atoms with Gasteiger partial charge >= 0.3 is 0 Å². The fourth-order valence-corrected chi connectivity index (χ4v) is 3.40. The molecular weight excluding hydrogens is 268 g/mol. The Kier molecular flexibility index (Phi) is 7.34. The summed E-state index contributed by atoms with van der Waals surface area (Å²) in [6.07, 6.45) is 4.36. The Morgan fingerprint density at radius 3 is 2.24 bits per heavy atom. The number of ether oxygens (including phenoxy) is 3. The number of rotatable bonds is 4. The van der Waals surface area contributed by atoms with Crippen LogP contribution in [0.5, 0.6) is 0 Å². The quantitative estimate of drug-likeness (QED) is 0.641. The Morgan fingerprint density at radius 2 is 1.95 bits per heavy atom. The first kappa shape index (κ1) is 18.6. The van der Waals surface area contributed by atoms with Gasteiger partial charge in [-0.15, -0.1) is 0 Å². The maximum Gasteiger partial charge on any atom is 0.0973 e. The third-order valence-corrected chi connectivity index (χ3v) is 4.49. The molecule has 1 heterocycles. The molecule has 2 fully saturated rings. The van der Waals surface area contributed by atoms with Crippen LogP contribution in [-0.4, -0.2) is 50.3 Å². The molecule has 0 aromatic carbocycles. The largest absolute Gasteiger partial charge is 0.392 e. The predicted octanol–water partition coefficient (Wildman–Crippen LogP) is 2.80. The van der Waals surface area contributed by atoms with Crippen molar-refractivity contribution in [3.63, 3.8) is 0 Å². The molecule has 4 heteroatoms. The van der Waals surface area contributed by atoms with Gasteiger partial charge in [-0.2, -0.15) is 0 Å². The van der Waals surface area contributed by atoms with E-state index in [0.717, 1.165) is 25.0 Å². The average molecular weight is 300 g/mol. The van der Waals surface area contributed by atoms with Crippen molar-refractivity contribution in [2.45, 2.75) is 58.3 Å². The molecule has 0 radical (unpaired) electrons. The molecule has 0 amide bonds. The van der Waals surface area contributed by atoms with Gasteiger partial charge in [0.05, 0.1) is 31.0 Å². The number of hydrogen-bond donors (Lipinski definition) is 1. The highest BCUT2D eigenvalue weighted by Gasteiger charge is 2.59. The first-order chi connectivity index (χ1) is 9.91. The van der Waals surface area contributed by atoms with Gasteiger partial charge in [0.15, 0.2) is 0 Å². The summed E-state index contributed by atoms with van der Waals surface area (Å²) >= 11 is 0. The van der Waals surface area contributed by atoms with Gasteiger partial charge < -0.3 is 19.3 Å². The lowest BCUT2D eigenvalue weighted by Gasteiger charge is -2.42. The molecular formula is C17H32O4. The molecule has 1 saturated carbocycles. The van der Waals surface area contributed by atoms with Gasteiger partial charge in [-0.25, -0.2) is 0 Å². The summed E-state index contributed by atoms with van der Waals surface area (Å²) in [6, 6.07) is 0. The van der Waals surface area contributed by atoms with Crippen LogP contribution >= 0.6 is 0 Å². The summed E-state index contributed by atoms with van der Waals surface area (Å²) in [5, 5.41) is 8.16. The van der Waals surface area contributed by atoms with E-state index in [1.807, 2.05) is 13.8 Å². The second-order valence-corrected chi connectivity index (χ2v) is 6.60. The second-order valence-electron chi connectivity index (χ2n) is 6.60. The Hall–Kier alpha value is -0.420. The summed E-state index contributed by atoms with van der Waals surface area (Å²) in [6.45, 7) is 9.48. The fraction of sp³-hybridized carbons (Fsp3) is 0.882. The molecule has 4 nitrogen and oxygen atoms in total. The van der Waals surface area contributed by atoms with Crippen molar-refractivity contribution in [2.24, 2.45) is 11.8 Å². The first-order valence-electron chi connectivity index (χ1n) is 7.85. The molecule has 2 rings (SSSR count). The molecule has 124 valence electrons. The third kappa shape index (κ3) is 4.78. The van der Waals surface area contributed by atoms with Gasteiger partial charge in [-0.3, -0.25) is 0 Å². The van der Waals surface area contributed by atoms with Crippen molar-refractivity contribution in [1.82, 2.24) is 0 Å². The van der Waals surface area contributed by atoms with Crippen molar-refractivity contribution in [1.29, 1.82) is 0 Å². The molecule has 2 aliphatic rings. The van der Waals surface area contributed by atoms with Crippen LogP contribution in [0.15, 0.2) is 11.6 Å². The number of methoxy groups -OCH3 is 2. The van der Waals surface area contributed by atoms with Crippen molar-refractivity contribution in [3.05, 3.63) is 11.6 Å². The summed E-state index contributed by atoms with van der Waals surface area (Å²) < 4.78 is 16.9. The molecule has 1 aliphatic carbocycles. The molecule has 1 N–H and O–H groups in total. The van der Waals surface area contributed by atoms with Crippen LogP contribution in [0.4, 0.5) is 0 Å². The van der Waals surface area contributed by atoms with Crippen molar-refractivity contribution < 1.29 is 19.3 Å². The van der Waals surface area contributed by atoms with Crippen LogP contribution in [0.2, 0.25) is 0 Å². The Morgan fingerprint density at radius 1 is 1.33 bits per heavy atom. The molecule has 0 aromatic rings. The fourth-order valence-electron chi connectivity index (χ4n) is 3.40. The zero-order valence-electron chi connectivity index (χ0n) is 14.4. The van der Waals surface area contributed by atoms with Gasteiger partial charge in [0.25, 0.3) is 0 Å². The predicted molar refractivity (Wildman–Crippen MR) is 84.4 cm³/mol. The molecule has 0 bridgehead atoms. The maximum atomic E-state index is 8.16. The lowest BCUT2D eigenvalue weighted by Crippen LogP contribution is -2.51. The van der Waals surface area contributed by atoms with Gasteiger partial charge in [-0.05, 0) is 32.6 Å². The minimum absolute atomic E-state index is 0.115. The second kappa shape index (κ2) is 8.28. The van der Waals surface area contributed by atoms with Crippen LogP contribution in [0.3, 0.4) is 0 Å². The van der Waals surface area contributed by atoms with Crippen LogP contribution in [0.25, 0.3) is 0 Å². The van der Waals surface area contributed by atoms with Gasteiger partial charge in [0.1, 0.15) is 0 Å². The zero-order valence-corrected chi connectivity index (χ0v) is 14.4. The van der Waals surface area contributed by atoms with E-state index < -0.39 is 0 Å². The van der Waals surface area contributed by atoms with E-state index in [1.54, 1.807) is 20.3 Å². The van der Waals surface area contributed by atoms with Crippen LogP contribution in [-0.2, 0) is 14.2 Å². The van der Waals surface area contributed by atoms with Crippen LogP contribution in [0.1, 0.15) is 40.5 Å². The van der Waals surface area contributed by atoms with E-state index in [2.05, 4.69) is 13.8 Å². The molecule has 21 heavy (non-hydrogen) atoms. The monoisotopic (exact) mass is 300 g/mol. The van der Waals surface area contributed by atoms with Crippen molar-refractivity contribution in [3.8, 4) is 0 Å². The Balaban J connectivity index is 0.000000315. The smallest absolute Gasteiger partial charge is 0.0973 e. The number of aliphatic hydroxyl groups excluding tert-OH is 1. The molecule has 1 saturated heterocycles. The summed E-state index contributed by atoms with van der Waals surface area (Å²) in [5.74, 6) is 1.05. The van der Waals surface area contributed by atoms with E-state index in [0.29, 0.717) is 11.8 Å². The normalized spacial score (nSPS) is 34.4. The van der Waals surface area contributed by atoms with Crippen LogP contribution < -0.4 is 0 Å². The van der Waals surface area contributed by atoms with Crippen molar-refractivity contribution in [2.75, 3.05) is 27.4 Å². The van der Waals surface area contributed by atoms with Gasteiger partial charge in [0, 0.05) is 20.1 Å². The van der Waals surface area contributed by atoms with E-state index in [9.17, 15) is 0 Å². The van der Waals surface area contributed by atoms with E-state index in [-0.39, 0.29) is 24.4 Å². The van der Waals surface area contributed by atoms with Crippen LogP contribution in [0, 0.1) is 11.8 Å². The summed E-state index contributed by atoms with van der Waals surface area (Å²) in [7, 11) is 3.56. The average Bonchev–Trinajstić information content (AvgIpc) is 3.18. The van der Waals surface area contributed by atoms with Gasteiger partial charge in [0.2, 0.25) is 0 Å². The molecule has 3 unspecified atom stereocenters. The minimum atomic E-state index is 0.115. The SMILES string of the molecule is CC(C)=CCO.COC1CC[C@]2(CO2)C(C(C)C)C1OC. The van der Waals surface area contributed by atoms with E-state index >= 15 is 0 Å². The minimum Gasteiger partial charge on any atom is -0.392 e. The number of hydrogen-bond acceptors (Lipinski definition) is 4. The highest BCUT2D eigenvalue weighted by Crippen LogP contribution is 2.50.